The molecule has 4 nitrogen and oxygen atoms in total. The van der Waals surface area contributed by atoms with Gasteiger partial charge in [0, 0.05) is 10.6 Å². The molecule has 1 aromatic carbocycles. The van der Waals surface area contributed by atoms with Crippen LogP contribution in [0.25, 0.3) is 0 Å². The van der Waals surface area contributed by atoms with Crippen LogP contribution < -0.4 is 5.73 Å². The largest absolute Gasteiger partial charge is 0.384 e. The van der Waals surface area contributed by atoms with Gasteiger partial charge >= 0.3 is 0 Å². The molecule has 0 fully saturated rings. The molecule has 0 radical (unpaired) electrons. The van der Waals surface area contributed by atoms with Crippen LogP contribution in [0.5, 0.6) is 0 Å². The van der Waals surface area contributed by atoms with E-state index in [9.17, 15) is 0 Å². The molecule has 1 aromatic heterocycles. The van der Waals surface area contributed by atoms with Crippen molar-refractivity contribution in [2.24, 2.45) is 0 Å². The van der Waals surface area contributed by atoms with Crippen LogP contribution in [0.4, 0.5) is 5.82 Å². The van der Waals surface area contributed by atoms with Gasteiger partial charge in [0.1, 0.15) is 5.82 Å². The Hall–Kier alpha value is -1.99. The average molecular weight is 247 g/mol. The van der Waals surface area contributed by atoms with Crippen LogP contribution in [0.15, 0.2) is 30.5 Å². The summed E-state index contributed by atoms with van der Waals surface area (Å²) < 4.78 is 1.65. The Morgan fingerprint density at radius 3 is 2.82 bits per heavy atom. The van der Waals surface area contributed by atoms with Crippen molar-refractivity contribution in [3.63, 3.8) is 0 Å². The summed E-state index contributed by atoms with van der Waals surface area (Å²) in [4.78, 5) is 0. The third-order valence-corrected chi connectivity index (χ3v) is 2.88. The van der Waals surface area contributed by atoms with E-state index in [0.717, 1.165) is 11.1 Å². The molecule has 5 heteroatoms. The monoisotopic (exact) mass is 246 g/mol. The number of aromatic nitrogens is 2. The summed E-state index contributed by atoms with van der Waals surface area (Å²) in [6, 6.07) is 9.59. The van der Waals surface area contributed by atoms with Crippen molar-refractivity contribution in [1.29, 1.82) is 5.26 Å². The number of nitrogens with two attached hydrogens (primary N) is 1. The Morgan fingerprint density at radius 1 is 1.35 bits per heavy atom. The number of nitrogen functional groups attached to an aromatic ring is 1. The van der Waals surface area contributed by atoms with Gasteiger partial charge in [-0.2, -0.15) is 10.4 Å². The van der Waals surface area contributed by atoms with Crippen LogP contribution in [-0.4, -0.2) is 9.78 Å². The molecular formula is C12H11ClN4. The van der Waals surface area contributed by atoms with Crippen LogP contribution in [0.3, 0.4) is 0 Å². The third kappa shape index (κ3) is 2.40. The quantitative estimate of drug-likeness (QED) is 0.903. The zero-order valence-corrected chi connectivity index (χ0v) is 9.85. The van der Waals surface area contributed by atoms with Gasteiger partial charge in [0.2, 0.25) is 0 Å². The predicted octanol–water partition coefficient (Wildman–Crippen LogP) is 2.23. The van der Waals surface area contributed by atoms with E-state index in [1.807, 2.05) is 24.3 Å². The van der Waals surface area contributed by atoms with Gasteiger partial charge in [-0.1, -0.05) is 29.8 Å². The number of hydrogen-bond donors (Lipinski definition) is 1. The van der Waals surface area contributed by atoms with Crippen molar-refractivity contribution in [1.82, 2.24) is 9.78 Å². The van der Waals surface area contributed by atoms with E-state index in [1.54, 1.807) is 10.9 Å². The number of anilines is 1. The van der Waals surface area contributed by atoms with Gasteiger partial charge in [0.25, 0.3) is 0 Å². The first-order chi connectivity index (χ1) is 8.22. The molecule has 0 unspecified atom stereocenters. The molecule has 0 amide bonds. The zero-order valence-electron chi connectivity index (χ0n) is 9.10. The Kier molecular flexibility index (Phi) is 3.31. The SMILES string of the molecule is N#CCc1cnn(Cc2ccccc2Cl)c1N. The van der Waals surface area contributed by atoms with Gasteiger partial charge in [-0.15, -0.1) is 0 Å². The van der Waals surface area contributed by atoms with E-state index in [1.165, 1.54) is 0 Å². The standard InChI is InChI=1S/C12H11ClN4/c13-11-4-2-1-3-10(11)8-17-12(15)9(5-6-14)7-16-17/h1-4,7H,5,8,15H2. The lowest BCUT2D eigenvalue weighted by atomic mass is 10.2. The summed E-state index contributed by atoms with van der Waals surface area (Å²) in [5.74, 6) is 0.520. The lowest BCUT2D eigenvalue weighted by Crippen LogP contribution is -2.07. The van der Waals surface area contributed by atoms with Crippen molar-refractivity contribution < 1.29 is 0 Å². The lowest BCUT2D eigenvalue weighted by Gasteiger charge is -2.06. The number of rotatable bonds is 3. The number of nitrogens with zero attached hydrogens (tertiary/aromatic N) is 3. The second kappa shape index (κ2) is 4.89. The van der Waals surface area contributed by atoms with Gasteiger partial charge in [-0.25, -0.2) is 4.68 Å². The minimum Gasteiger partial charge on any atom is -0.384 e. The van der Waals surface area contributed by atoms with Gasteiger partial charge < -0.3 is 5.73 Å². The highest BCUT2D eigenvalue weighted by Gasteiger charge is 2.08. The highest BCUT2D eigenvalue weighted by Crippen LogP contribution is 2.19. The minimum atomic E-state index is 0.272. The summed E-state index contributed by atoms with van der Waals surface area (Å²) >= 11 is 6.06. The first-order valence-corrected chi connectivity index (χ1v) is 5.50. The van der Waals surface area contributed by atoms with Gasteiger partial charge in [-0.3, -0.25) is 0 Å². The maximum Gasteiger partial charge on any atom is 0.126 e. The molecule has 0 spiro atoms. The first kappa shape index (κ1) is 11.5. The lowest BCUT2D eigenvalue weighted by molar-refractivity contribution is 0.697. The van der Waals surface area contributed by atoms with Crippen LogP contribution >= 0.6 is 11.6 Å². The van der Waals surface area contributed by atoms with Crippen molar-refractivity contribution >= 4 is 17.4 Å². The van der Waals surface area contributed by atoms with Crippen molar-refractivity contribution in [3.05, 3.63) is 46.6 Å². The molecular weight excluding hydrogens is 236 g/mol. The van der Waals surface area contributed by atoms with Gasteiger partial charge in [-0.05, 0) is 11.6 Å². The smallest absolute Gasteiger partial charge is 0.126 e. The molecule has 2 rings (SSSR count). The van der Waals surface area contributed by atoms with Gasteiger partial charge in [0.15, 0.2) is 0 Å². The molecule has 0 aliphatic heterocycles. The molecule has 0 bridgehead atoms. The number of hydrogen-bond acceptors (Lipinski definition) is 3. The maximum absolute atomic E-state index is 8.62. The highest BCUT2D eigenvalue weighted by atomic mass is 35.5. The fourth-order valence-electron chi connectivity index (χ4n) is 1.57. The summed E-state index contributed by atoms with van der Waals surface area (Å²) in [7, 11) is 0. The summed E-state index contributed by atoms with van der Waals surface area (Å²) in [6.45, 7) is 0.511. The van der Waals surface area contributed by atoms with E-state index in [2.05, 4.69) is 11.2 Å². The zero-order chi connectivity index (χ0) is 12.3. The topological polar surface area (TPSA) is 67.6 Å². The Bertz CT molecular complexity index is 568. The Balaban J connectivity index is 2.26. The van der Waals surface area contributed by atoms with E-state index >= 15 is 0 Å². The molecule has 1 heterocycles. The molecule has 0 saturated carbocycles. The number of halogens is 1. The van der Waals surface area contributed by atoms with Crippen molar-refractivity contribution in [3.8, 4) is 6.07 Å². The fourth-order valence-corrected chi connectivity index (χ4v) is 1.76. The molecule has 0 atom stereocenters. The van der Waals surface area contributed by atoms with E-state index in [-0.39, 0.29) is 6.42 Å². The van der Waals surface area contributed by atoms with Crippen LogP contribution in [-0.2, 0) is 13.0 Å². The molecule has 0 saturated heterocycles. The first-order valence-electron chi connectivity index (χ1n) is 5.13. The predicted molar refractivity (Wildman–Crippen MR) is 66.5 cm³/mol. The average Bonchev–Trinajstić information content (AvgIpc) is 2.65. The van der Waals surface area contributed by atoms with Crippen LogP contribution in [0.2, 0.25) is 5.02 Å². The fraction of sp³-hybridized carbons (Fsp3) is 0.167. The summed E-state index contributed by atoms with van der Waals surface area (Å²) in [5, 5.41) is 13.5. The molecule has 17 heavy (non-hydrogen) atoms. The summed E-state index contributed by atoms with van der Waals surface area (Å²) in [5.41, 5.74) is 7.59. The Morgan fingerprint density at radius 2 is 2.12 bits per heavy atom. The number of benzene rings is 1. The van der Waals surface area contributed by atoms with E-state index in [4.69, 9.17) is 22.6 Å². The maximum atomic E-state index is 8.62. The molecule has 0 aliphatic rings. The van der Waals surface area contributed by atoms with Gasteiger partial charge in [0.05, 0.1) is 25.2 Å². The van der Waals surface area contributed by atoms with Crippen LogP contribution in [0.1, 0.15) is 11.1 Å². The third-order valence-electron chi connectivity index (χ3n) is 2.51. The van der Waals surface area contributed by atoms with Crippen LogP contribution in [0, 0.1) is 11.3 Å². The van der Waals surface area contributed by atoms with Crippen molar-refractivity contribution in [2.45, 2.75) is 13.0 Å². The molecule has 86 valence electrons. The van der Waals surface area contributed by atoms with E-state index in [0.29, 0.717) is 17.4 Å². The molecule has 2 aromatic rings. The normalized spacial score (nSPS) is 10.1. The second-order valence-corrected chi connectivity index (χ2v) is 4.05. The van der Waals surface area contributed by atoms with Crippen molar-refractivity contribution in [2.75, 3.05) is 5.73 Å². The summed E-state index contributed by atoms with van der Waals surface area (Å²) in [6.07, 6.45) is 1.89. The minimum absolute atomic E-state index is 0.272. The molecule has 2 N–H and O–H groups in total. The molecule has 0 aliphatic carbocycles. The van der Waals surface area contributed by atoms with E-state index < -0.39 is 0 Å². The Labute approximate surface area is 104 Å². The second-order valence-electron chi connectivity index (χ2n) is 3.64. The number of nitriles is 1. The highest BCUT2D eigenvalue weighted by molar-refractivity contribution is 6.31.